The average Bonchev–Trinajstić information content (AvgIpc) is 2.36. The molecule has 0 aliphatic carbocycles. The Morgan fingerprint density at radius 1 is 0.824 bits per heavy atom. The summed E-state index contributed by atoms with van der Waals surface area (Å²) in [4.78, 5) is 0. The van der Waals surface area contributed by atoms with Gasteiger partial charge in [-0.2, -0.15) is 0 Å². The van der Waals surface area contributed by atoms with Crippen LogP contribution in [0.2, 0.25) is 0 Å². The summed E-state index contributed by atoms with van der Waals surface area (Å²) in [6, 6.07) is 0. The Kier molecular flexibility index (Phi) is 8.01. The molecule has 0 bridgehead atoms. The Morgan fingerprint density at radius 3 is 1.76 bits per heavy atom. The minimum atomic E-state index is -0.0710. The van der Waals surface area contributed by atoms with Gasteiger partial charge in [-0.1, -0.05) is 13.8 Å². The van der Waals surface area contributed by atoms with Crippen molar-refractivity contribution < 1.29 is 14.2 Å². The Balaban J connectivity index is 4.06. The van der Waals surface area contributed by atoms with Gasteiger partial charge in [-0.25, -0.2) is 0 Å². The van der Waals surface area contributed by atoms with Gasteiger partial charge in [0, 0.05) is 20.8 Å². The second-order valence-electron chi connectivity index (χ2n) is 5.15. The maximum absolute atomic E-state index is 6.02. The van der Waals surface area contributed by atoms with Gasteiger partial charge in [-0.05, 0) is 39.5 Å². The minimum absolute atomic E-state index is 0.0596. The van der Waals surface area contributed by atoms with E-state index in [0.717, 1.165) is 38.9 Å². The summed E-state index contributed by atoms with van der Waals surface area (Å²) in [5.41, 5.74) is -0.131. The van der Waals surface area contributed by atoms with Gasteiger partial charge in [0.25, 0.3) is 0 Å². The summed E-state index contributed by atoms with van der Waals surface area (Å²) < 4.78 is 16.7. The topological polar surface area (TPSA) is 27.7 Å². The zero-order valence-electron chi connectivity index (χ0n) is 12.5. The van der Waals surface area contributed by atoms with Crippen molar-refractivity contribution in [3.8, 4) is 0 Å². The van der Waals surface area contributed by atoms with Crippen molar-refractivity contribution >= 4 is 0 Å². The predicted octanol–water partition coefficient (Wildman–Crippen LogP) is 3.41. The van der Waals surface area contributed by atoms with Gasteiger partial charge in [-0.15, -0.1) is 0 Å². The summed E-state index contributed by atoms with van der Waals surface area (Å²) in [5, 5.41) is 0. The molecule has 0 aromatic carbocycles. The van der Waals surface area contributed by atoms with Crippen molar-refractivity contribution in [1.82, 2.24) is 0 Å². The van der Waals surface area contributed by atoms with Crippen molar-refractivity contribution in [3.05, 3.63) is 0 Å². The fraction of sp³-hybridized carbons (Fsp3) is 1.00. The lowest BCUT2D eigenvalue weighted by Crippen LogP contribution is -2.34. The molecular formula is C14H30O3. The highest BCUT2D eigenvalue weighted by molar-refractivity contribution is 4.76. The van der Waals surface area contributed by atoms with E-state index in [1.165, 1.54) is 0 Å². The normalized spacial score (nSPS) is 18.7. The van der Waals surface area contributed by atoms with Crippen LogP contribution < -0.4 is 0 Å². The van der Waals surface area contributed by atoms with E-state index in [1.54, 1.807) is 14.2 Å². The molecule has 0 aliphatic heterocycles. The summed E-state index contributed by atoms with van der Waals surface area (Å²) in [7, 11) is 3.50. The highest BCUT2D eigenvalue weighted by atomic mass is 16.5. The number of methoxy groups -OCH3 is 2. The SMILES string of the molecule is CCC(C)(CCOC(C)(CC)CCOC)OC. The molecule has 3 heteroatoms. The first-order valence-corrected chi connectivity index (χ1v) is 6.63. The molecule has 0 fully saturated rings. The summed E-state index contributed by atoms with van der Waals surface area (Å²) in [6.45, 7) is 10.1. The highest BCUT2D eigenvalue weighted by Crippen LogP contribution is 2.24. The maximum Gasteiger partial charge on any atom is 0.0673 e. The van der Waals surface area contributed by atoms with E-state index in [-0.39, 0.29) is 11.2 Å². The molecule has 17 heavy (non-hydrogen) atoms. The summed E-state index contributed by atoms with van der Waals surface area (Å²) in [6.07, 6.45) is 3.89. The van der Waals surface area contributed by atoms with Crippen molar-refractivity contribution in [1.29, 1.82) is 0 Å². The summed E-state index contributed by atoms with van der Waals surface area (Å²) >= 11 is 0. The molecule has 0 rings (SSSR count). The van der Waals surface area contributed by atoms with Crippen LogP contribution in [-0.4, -0.2) is 38.6 Å². The number of hydrogen-bond donors (Lipinski definition) is 0. The molecule has 2 atom stereocenters. The van der Waals surface area contributed by atoms with Crippen LogP contribution in [0.5, 0.6) is 0 Å². The first-order chi connectivity index (χ1) is 7.95. The molecule has 3 nitrogen and oxygen atoms in total. The quantitative estimate of drug-likeness (QED) is 0.591. The summed E-state index contributed by atoms with van der Waals surface area (Å²) in [5.74, 6) is 0. The van der Waals surface area contributed by atoms with Crippen LogP contribution in [0.25, 0.3) is 0 Å². The van der Waals surface area contributed by atoms with E-state index >= 15 is 0 Å². The van der Waals surface area contributed by atoms with Gasteiger partial charge in [0.2, 0.25) is 0 Å². The zero-order chi connectivity index (χ0) is 13.4. The van der Waals surface area contributed by atoms with E-state index in [1.807, 2.05) is 0 Å². The van der Waals surface area contributed by atoms with Crippen LogP contribution >= 0.6 is 0 Å². The van der Waals surface area contributed by atoms with Crippen molar-refractivity contribution in [3.63, 3.8) is 0 Å². The van der Waals surface area contributed by atoms with Crippen LogP contribution in [0.3, 0.4) is 0 Å². The average molecular weight is 246 g/mol. The van der Waals surface area contributed by atoms with Gasteiger partial charge in [0.1, 0.15) is 0 Å². The lowest BCUT2D eigenvalue weighted by molar-refractivity contribution is -0.0838. The molecule has 0 saturated heterocycles. The third-order valence-electron chi connectivity index (χ3n) is 3.91. The molecular weight excluding hydrogens is 216 g/mol. The van der Waals surface area contributed by atoms with Crippen LogP contribution in [0.15, 0.2) is 0 Å². The number of ether oxygens (including phenoxy) is 3. The molecule has 0 aliphatic rings. The molecule has 104 valence electrons. The molecule has 0 aromatic heterocycles. The fourth-order valence-electron chi connectivity index (χ4n) is 1.61. The van der Waals surface area contributed by atoms with Gasteiger partial charge in [0.05, 0.1) is 17.8 Å². The number of hydrogen-bond acceptors (Lipinski definition) is 3. The molecule has 0 amide bonds. The Hall–Kier alpha value is -0.120. The molecule has 0 spiro atoms. The monoisotopic (exact) mass is 246 g/mol. The number of rotatable bonds is 10. The molecule has 0 N–H and O–H groups in total. The minimum Gasteiger partial charge on any atom is -0.385 e. The maximum atomic E-state index is 6.02. The second kappa shape index (κ2) is 8.06. The van der Waals surface area contributed by atoms with E-state index < -0.39 is 0 Å². The molecule has 0 aromatic rings. The second-order valence-corrected chi connectivity index (χ2v) is 5.15. The van der Waals surface area contributed by atoms with Crippen molar-refractivity contribution in [2.45, 2.75) is 64.6 Å². The van der Waals surface area contributed by atoms with Crippen LogP contribution in [0, 0.1) is 0 Å². The van der Waals surface area contributed by atoms with E-state index in [0.29, 0.717) is 0 Å². The smallest absolute Gasteiger partial charge is 0.0673 e. The third kappa shape index (κ3) is 6.39. The van der Waals surface area contributed by atoms with Crippen molar-refractivity contribution in [2.24, 2.45) is 0 Å². The van der Waals surface area contributed by atoms with Gasteiger partial charge >= 0.3 is 0 Å². The van der Waals surface area contributed by atoms with Crippen LogP contribution in [-0.2, 0) is 14.2 Å². The van der Waals surface area contributed by atoms with Crippen molar-refractivity contribution in [2.75, 3.05) is 27.4 Å². The van der Waals surface area contributed by atoms with E-state index in [2.05, 4.69) is 27.7 Å². The Labute approximate surface area is 107 Å². The molecule has 0 heterocycles. The molecule has 0 saturated carbocycles. The van der Waals surface area contributed by atoms with Gasteiger partial charge in [-0.3, -0.25) is 0 Å². The van der Waals surface area contributed by atoms with Gasteiger partial charge in [0.15, 0.2) is 0 Å². The van der Waals surface area contributed by atoms with E-state index in [4.69, 9.17) is 14.2 Å². The third-order valence-corrected chi connectivity index (χ3v) is 3.91. The lowest BCUT2D eigenvalue weighted by Gasteiger charge is -2.32. The van der Waals surface area contributed by atoms with Crippen LogP contribution in [0.4, 0.5) is 0 Å². The molecule has 2 unspecified atom stereocenters. The standard InChI is InChI=1S/C14H30O3/c1-7-13(3,16-6)10-12-17-14(4,8-2)9-11-15-5/h7-12H2,1-6H3. The van der Waals surface area contributed by atoms with Gasteiger partial charge < -0.3 is 14.2 Å². The zero-order valence-corrected chi connectivity index (χ0v) is 12.5. The first-order valence-electron chi connectivity index (χ1n) is 6.63. The predicted molar refractivity (Wildman–Crippen MR) is 71.5 cm³/mol. The van der Waals surface area contributed by atoms with E-state index in [9.17, 15) is 0 Å². The van der Waals surface area contributed by atoms with Crippen LogP contribution in [0.1, 0.15) is 53.4 Å². The highest BCUT2D eigenvalue weighted by Gasteiger charge is 2.25. The molecule has 0 radical (unpaired) electrons. The Morgan fingerprint density at radius 2 is 1.35 bits per heavy atom. The fourth-order valence-corrected chi connectivity index (χ4v) is 1.61. The lowest BCUT2D eigenvalue weighted by atomic mass is 9.97. The first kappa shape index (κ1) is 16.9. The largest absolute Gasteiger partial charge is 0.385 e. The Bertz CT molecular complexity index is 190.